The monoisotopic (exact) mass is 370 g/mol. The summed E-state index contributed by atoms with van der Waals surface area (Å²) in [6.45, 7) is 6.43. The zero-order valence-corrected chi connectivity index (χ0v) is 15.8. The van der Waals surface area contributed by atoms with Crippen molar-refractivity contribution in [3.8, 4) is 0 Å². The summed E-state index contributed by atoms with van der Waals surface area (Å²) in [6, 6.07) is 0. The summed E-state index contributed by atoms with van der Waals surface area (Å²) in [4.78, 5) is 33.0. The van der Waals surface area contributed by atoms with Gasteiger partial charge in [-0.3, -0.25) is 4.79 Å². The number of anilines is 1. The SMILES string of the molecule is Cc1sc2ncnc(N3CCC(C(=O)NCc4cnc[nH]4)CC3)c2c1C. The van der Waals surface area contributed by atoms with Crippen molar-refractivity contribution >= 4 is 33.3 Å². The Morgan fingerprint density at radius 2 is 2.15 bits per heavy atom. The molecule has 0 aliphatic carbocycles. The molecule has 2 N–H and O–H groups in total. The zero-order chi connectivity index (χ0) is 18.1. The first-order chi connectivity index (χ1) is 12.6. The maximum Gasteiger partial charge on any atom is 0.223 e. The van der Waals surface area contributed by atoms with Crippen molar-refractivity contribution in [3.63, 3.8) is 0 Å². The van der Waals surface area contributed by atoms with Gasteiger partial charge in [-0.2, -0.15) is 0 Å². The van der Waals surface area contributed by atoms with Gasteiger partial charge in [0.1, 0.15) is 17.0 Å². The highest BCUT2D eigenvalue weighted by Gasteiger charge is 2.27. The van der Waals surface area contributed by atoms with Crippen molar-refractivity contribution in [2.24, 2.45) is 5.92 Å². The van der Waals surface area contributed by atoms with E-state index < -0.39 is 0 Å². The van der Waals surface area contributed by atoms with Gasteiger partial charge in [0.25, 0.3) is 0 Å². The Morgan fingerprint density at radius 1 is 1.35 bits per heavy atom. The molecule has 1 amide bonds. The molecule has 0 aromatic carbocycles. The number of aromatic nitrogens is 4. The number of imidazole rings is 1. The molecule has 0 radical (unpaired) electrons. The van der Waals surface area contributed by atoms with Crippen molar-refractivity contribution < 1.29 is 4.79 Å². The smallest absolute Gasteiger partial charge is 0.223 e. The summed E-state index contributed by atoms with van der Waals surface area (Å²) in [5.74, 6) is 1.18. The fraction of sp³-hybridized carbons (Fsp3) is 0.444. The van der Waals surface area contributed by atoms with Crippen LogP contribution < -0.4 is 10.2 Å². The van der Waals surface area contributed by atoms with Gasteiger partial charge in [-0.25, -0.2) is 15.0 Å². The van der Waals surface area contributed by atoms with Crippen molar-refractivity contribution in [2.45, 2.75) is 33.2 Å². The molecule has 1 fully saturated rings. The molecule has 0 unspecified atom stereocenters. The minimum absolute atomic E-state index is 0.0526. The van der Waals surface area contributed by atoms with Crippen LogP contribution in [0.3, 0.4) is 0 Å². The molecule has 8 heteroatoms. The molecular formula is C18H22N6OS. The zero-order valence-electron chi connectivity index (χ0n) is 15.0. The topological polar surface area (TPSA) is 86.8 Å². The van der Waals surface area contributed by atoms with Crippen molar-refractivity contribution in [1.82, 2.24) is 25.3 Å². The molecule has 1 saturated heterocycles. The first kappa shape index (κ1) is 17.0. The van der Waals surface area contributed by atoms with E-state index in [2.05, 4.69) is 44.0 Å². The number of nitrogens with one attached hydrogen (secondary N) is 2. The summed E-state index contributed by atoms with van der Waals surface area (Å²) < 4.78 is 0. The van der Waals surface area contributed by atoms with E-state index in [0.29, 0.717) is 6.54 Å². The summed E-state index contributed by atoms with van der Waals surface area (Å²) in [6.07, 6.45) is 6.67. The minimum Gasteiger partial charge on any atom is -0.356 e. The number of amides is 1. The van der Waals surface area contributed by atoms with Crippen LogP contribution >= 0.6 is 11.3 Å². The third kappa shape index (κ3) is 3.16. The Hall–Kier alpha value is -2.48. The van der Waals surface area contributed by atoms with E-state index in [9.17, 15) is 4.79 Å². The Morgan fingerprint density at radius 3 is 2.88 bits per heavy atom. The van der Waals surface area contributed by atoms with Gasteiger partial charge in [0.15, 0.2) is 0 Å². The highest BCUT2D eigenvalue weighted by Crippen LogP contribution is 2.35. The molecular weight excluding hydrogens is 348 g/mol. The van der Waals surface area contributed by atoms with Gasteiger partial charge in [0, 0.05) is 30.1 Å². The number of fused-ring (bicyclic) bond motifs is 1. The molecule has 4 rings (SSSR count). The quantitative estimate of drug-likeness (QED) is 0.737. The van der Waals surface area contributed by atoms with Crippen LogP contribution in [0.2, 0.25) is 0 Å². The molecule has 1 aliphatic heterocycles. The minimum atomic E-state index is 0.0526. The first-order valence-electron chi connectivity index (χ1n) is 8.84. The van der Waals surface area contributed by atoms with Gasteiger partial charge in [-0.1, -0.05) is 0 Å². The molecule has 0 bridgehead atoms. The second-order valence-corrected chi connectivity index (χ2v) is 7.92. The van der Waals surface area contributed by atoms with E-state index in [1.165, 1.54) is 10.4 Å². The lowest BCUT2D eigenvalue weighted by Gasteiger charge is -2.32. The average molecular weight is 370 g/mol. The Bertz CT molecular complexity index is 911. The van der Waals surface area contributed by atoms with Crippen LogP contribution in [-0.2, 0) is 11.3 Å². The van der Waals surface area contributed by atoms with E-state index in [0.717, 1.165) is 47.7 Å². The highest BCUT2D eigenvalue weighted by molar-refractivity contribution is 7.18. The maximum absolute atomic E-state index is 12.4. The summed E-state index contributed by atoms with van der Waals surface area (Å²) in [5, 5.41) is 4.16. The Balaban J connectivity index is 1.41. The molecule has 26 heavy (non-hydrogen) atoms. The Labute approximate surface area is 155 Å². The van der Waals surface area contributed by atoms with E-state index >= 15 is 0 Å². The number of aryl methyl sites for hydroxylation is 2. The fourth-order valence-electron chi connectivity index (χ4n) is 3.47. The van der Waals surface area contributed by atoms with Gasteiger partial charge in [0.05, 0.1) is 24.0 Å². The van der Waals surface area contributed by atoms with Crippen LogP contribution in [0.4, 0.5) is 5.82 Å². The largest absolute Gasteiger partial charge is 0.356 e. The molecule has 0 saturated carbocycles. The normalized spacial score (nSPS) is 15.5. The van der Waals surface area contributed by atoms with Crippen LogP contribution in [0.15, 0.2) is 18.9 Å². The molecule has 0 atom stereocenters. The lowest BCUT2D eigenvalue weighted by molar-refractivity contribution is -0.125. The van der Waals surface area contributed by atoms with Gasteiger partial charge in [0.2, 0.25) is 5.91 Å². The van der Waals surface area contributed by atoms with Gasteiger partial charge in [-0.05, 0) is 32.3 Å². The number of piperidine rings is 1. The second kappa shape index (κ2) is 7.03. The molecule has 3 aromatic rings. The van der Waals surface area contributed by atoms with Crippen LogP contribution in [-0.4, -0.2) is 38.9 Å². The summed E-state index contributed by atoms with van der Waals surface area (Å²) in [5.41, 5.74) is 2.18. The van der Waals surface area contributed by atoms with E-state index in [4.69, 9.17) is 0 Å². The van der Waals surface area contributed by atoms with E-state index in [-0.39, 0.29) is 11.8 Å². The number of thiophene rings is 1. The highest BCUT2D eigenvalue weighted by atomic mass is 32.1. The number of aromatic amines is 1. The van der Waals surface area contributed by atoms with Crippen LogP contribution in [0.1, 0.15) is 29.0 Å². The summed E-state index contributed by atoms with van der Waals surface area (Å²) >= 11 is 1.72. The number of rotatable bonds is 4. The van der Waals surface area contributed by atoms with Crippen molar-refractivity contribution in [2.75, 3.05) is 18.0 Å². The van der Waals surface area contributed by atoms with Crippen LogP contribution in [0.25, 0.3) is 10.2 Å². The lowest BCUT2D eigenvalue weighted by atomic mass is 9.95. The fourth-order valence-corrected chi connectivity index (χ4v) is 4.46. The average Bonchev–Trinajstić information content (AvgIpc) is 3.28. The van der Waals surface area contributed by atoms with E-state index in [1.807, 2.05) is 0 Å². The van der Waals surface area contributed by atoms with Gasteiger partial charge < -0.3 is 15.2 Å². The molecule has 7 nitrogen and oxygen atoms in total. The van der Waals surface area contributed by atoms with Crippen LogP contribution in [0, 0.1) is 19.8 Å². The molecule has 4 heterocycles. The maximum atomic E-state index is 12.4. The number of nitrogens with zero attached hydrogens (tertiary/aromatic N) is 4. The van der Waals surface area contributed by atoms with E-state index in [1.54, 1.807) is 30.2 Å². The molecule has 1 aliphatic rings. The molecule has 3 aromatic heterocycles. The van der Waals surface area contributed by atoms with Crippen molar-refractivity contribution in [1.29, 1.82) is 0 Å². The van der Waals surface area contributed by atoms with Gasteiger partial charge >= 0.3 is 0 Å². The van der Waals surface area contributed by atoms with Crippen molar-refractivity contribution in [3.05, 3.63) is 35.0 Å². The molecule has 136 valence electrons. The number of hydrogen-bond donors (Lipinski definition) is 2. The Kier molecular flexibility index (Phi) is 4.58. The van der Waals surface area contributed by atoms with Gasteiger partial charge in [-0.15, -0.1) is 11.3 Å². The standard InChI is InChI=1S/C18H22N6OS/c1-11-12(2)26-18-15(11)16(22-10-23-18)24-5-3-13(4-6-24)17(25)20-8-14-7-19-9-21-14/h7,9-10,13H,3-6,8H2,1-2H3,(H,19,21)(H,20,25). The predicted molar refractivity (Wildman–Crippen MR) is 102 cm³/mol. The molecule has 0 spiro atoms. The third-order valence-corrected chi connectivity index (χ3v) is 6.23. The number of carbonyl (C=O) groups excluding carboxylic acids is 1. The second-order valence-electron chi connectivity index (χ2n) is 6.72. The first-order valence-corrected chi connectivity index (χ1v) is 9.65. The predicted octanol–water partition coefficient (Wildman–Crippen LogP) is 2.56. The lowest BCUT2D eigenvalue weighted by Crippen LogP contribution is -2.40. The van der Waals surface area contributed by atoms with Crippen LogP contribution in [0.5, 0.6) is 0 Å². The number of hydrogen-bond acceptors (Lipinski definition) is 6. The number of carbonyl (C=O) groups is 1. The summed E-state index contributed by atoms with van der Waals surface area (Å²) in [7, 11) is 0. The third-order valence-electron chi connectivity index (χ3n) is 5.12. The number of H-pyrrole nitrogens is 1.